The van der Waals surface area contributed by atoms with Crippen molar-refractivity contribution in [3.05, 3.63) is 34.9 Å². The van der Waals surface area contributed by atoms with Gasteiger partial charge in [-0.1, -0.05) is 44.0 Å². The van der Waals surface area contributed by atoms with Gasteiger partial charge in [-0.25, -0.2) is 0 Å². The van der Waals surface area contributed by atoms with Crippen molar-refractivity contribution in [3.8, 4) is 0 Å². The first kappa shape index (κ1) is 15.0. The fourth-order valence-electron chi connectivity index (χ4n) is 3.01. The normalized spacial score (nSPS) is 24.2. The second-order valence-electron chi connectivity index (χ2n) is 5.92. The molecule has 1 saturated heterocycles. The number of carbonyl (C=O) groups is 1. The van der Waals surface area contributed by atoms with Crippen LogP contribution in [0.25, 0.3) is 0 Å². The van der Waals surface area contributed by atoms with Gasteiger partial charge in [0.25, 0.3) is 0 Å². The first-order valence-corrected chi connectivity index (χ1v) is 7.63. The van der Waals surface area contributed by atoms with Crippen molar-refractivity contribution >= 4 is 5.91 Å². The third kappa shape index (κ3) is 2.59. The van der Waals surface area contributed by atoms with Crippen LogP contribution in [-0.4, -0.2) is 23.4 Å². The van der Waals surface area contributed by atoms with E-state index in [0.717, 1.165) is 13.0 Å². The molecule has 2 rings (SSSR count). The van der Waals surface area contributed by atoms with Crippen LogP contribution < -0.4 is 5.32 Å². The minimum atomic E-state index is -0.0503. The van der Waals surface area contributed by atoms with Crippen LogP contribution in [-0.2, 0) is 4.79 Å². The van der Waals surface area contributed by atoms with Crippen molar-refractivity contribution in [3.63, 3.8) is 0 Å². The van der Waals surface area contributed by atoms with E-state index in [1.54, 1.807) is 0 Å². The van der Waals surface area contributed by atoms with Gasteiger partial charge in [0.1, 0.15) is 6.17 Å². The van der Waals surface area contributed by atoms with E-state index in [2.05, 4.69) is 58.1 Å². The lowest BCUT2D eigenvalue weighted by atomic mass is 9.99. The molecule has 1 N–H and O–H groups in total. The Bertz CT molecular complexity index is 498. The Balaban J connectivity index is 2.33. The van der Waals surface area contributed by atoms with E-state index < -0.39 is 0 Å². The van der Waals surface area contributed by atoms with Crippen molar-refractivity contribution in [1.82, 2.24) is 10.2 Å². The van der Waals surface area contributed by atoms with Crippen LogP contribution in [0.4, 0.5) is 0 Å². The standard InChI is InChI=1S/C17H26N2O/c1-6-12(4)15-17(20)19(7-2)16(18-15)14-9-8-11(3)10-13(14)5/h8-10,12,15-16,18H,6-7H2,1-5H3. The van der Waals surface area contributed by atoms with Gasteiger partial charge in [0.2, 0.25) is 5.91 Å². The minimum Gasteiger partial charge on any atom is -0.322 e. The molecule has 0 saturated carbocycles. The summed E-state index contributed by atoms with van der Waals surface area (Å²) in [4.78, 5) is 14.5. The molecule has 0 spiro atoms. The fourth-order valence-corrected chi connectivity index (χ4v) is 3.01. The minimum absolute atomic E-state index is 0.0205. The van der Waals surface area contributed by atoms with E-state index in [0.29, 0.717) is 5.92 Å². The highest BCUT2D eigenvalue weighted by Crippen LogP contribution is 2.30. The van der Waals surface area contributed by atoms with Gasteiger partial charge in [0.15, 0.2) is 0 Å². The molecule has 0 bridgehead atoms. The zero-order chi connectivity index (χ0) is 14.9. The molecular formula is C17H26N2O. The lowest BCUT2D eigenvalue weighted by Gasteiger charge is -2.24. The summed E-state index contributed by atoms with van der Waals surface area (Å²) >= 11 is 0. The number of amides is 1. The van der Waals surface area contributed by atoms with Crippen LogP contribution in [0.2, 0.25) is 0 Å². The van der Waals surface area contributed by atoms with E-state index in [-0.39, 0.29) is 18.1 Å². The number of likely N-dealkylation sites (N-methyl/N-ethyl adjacent to an activating group) is 1. The predicted octanol–water partition coefficient (Wildman–Crippen LogP) is 3.17. The molecule has 3 nitrogen and oxygen atoms in total. The highest BCUT2D eigenvalue weighted by molar-refractivity contribution is 5.85. The zero-order valence-electron chi connectivity index (χ0n) is 13.2. The maximum atomic E-state index is 12.6. The Kier molecular flexibility index (Phi) is 4.48. The average Bonchev–Trinajstić information content (AvgIpc) is 2.74. The molecule has 110 valence electrons. The molecule has 1 aliphatic rings. The van der Waals surface area contributed by atoms with Crippen LogP contribution in [0.3, 0.4) is 0 Å². The lowest BCUT2D eigenvalue weighted by molar-refractivity contribution is -0.130. The number of benzene rings is 1. The van der Waals surface area contributed by atoms with Crippen molar-refractivity contribution < 1.29 is 4.79 Å². The Morgan fingerprint density at radius 2 is 2.00 bits per heavy atom. The molecule has 1 aromatic rings. The van der Waals surface area contributed by atoms with Gasteiger partial charge in [-0.2, -0.15) is 0 Å². The molecule has 3 unspecified atom stereocenters. The highest BCUT2D eigenvalue weighted by Gasteiger charge is 2.41. The monoisotopic (exact) mass is 274 g/mol. The Morgan fingerprint density at radius 3 is 2.55 bits per heavy atom. The van der Waals surface area contributed by atoms with E-state index in [9.17, 15) is 4.79 Å². The summed E-state index contributed by atoms with van der Waals surface area (Å²) in [5, 5.41) is 3.55. The largest absolute Gasteiger partial charge is 0.322 e. The second kappa shape index (κ2) is 5.96. The number of aryl methyl sites for hydroxylation is 2. The van der Waals surface area contributed by atoms with Crippen LogP contribution in [0.5, 0.6) is 0 Å². The molecular weight excluding hydrogens is 248 g/mol. The predicted molar refractivity (Wildman–Crippen MR) is 82.4 cm³/mol. The number of carbonyl (C=O) groups excluding carboxylic acids is 1. The summed E-state index contributed by atoms with van der Waals surface area (Å²) in [5.41, 5.74) is 3.73. The number of rotatable bonds is 4. The van der Waals surface area contributed by atoms with E-state index >= 15 is 0 Å². The van der Waals surface area contributed by atoms with Gasteiger partial charge < -0.3 is 4.90 Å². The van der Waals surface area contributed by atoms with Gasteiger partial charge in [-0.3, -0.25) is 10.1 Å². The molecule has 20 heavy (non-hydrogen) atoms. The number of hydrogen-bond donors (Lipinski definition) is 1. The fraction of sp³-hybridized carbons (Fsp3) is 0.588. The summed E-state index contributed by atoms with van der Waals surface area (Å²) in [5.74, 6) is 0.610. The quantitative estimate of drug-likeness (QED) is 0.914. The Labute approximate surface area is 122 Å². The van der Waals surface area contributed by atoms with E-state index in [4.69, 9.17) is 0 Å². The second-order valence-corrected chi connectivity index (χ2v) is 5.92. The molecule has 3 atom stereocenters. The lowest BCUT2D eigenvalue weighted by Crippen LogP contribution is -2.35. The van der Waals surface area contributed by atoms with E-state index in [1.165, 1.54) is 16.7 Å². The molecule has 0 aromatic heterocycles. The van der Waals surface area contributed by atoms with E-state index in [1.807, 2.05) is 4.90 Å². The van der Waals surface area contributed by atoms with Crippen LogP contribution in [0.15, 0.2) is 18.2 Å². The first-order valence-electron chi connectivity index (χ1n) is 7.63. The summed E-state index contributed by atoms with van der Waals surface area (Å²) in [7, 11) is 0. The van der Waals surface area contributed by atoms with Gasteiger partial charge in [0.05, 0.1) is 6.04 Å². The molecule has 1 amide bonds. The maximum Gasteiger partial charge on any atom is 0.241 e. The van der Waals surface area contributed by atoms with Gasteiger partial charge in [0, 0.05) is 6.54 Å². The number of hydrogen-bond acceptors (Lipinski definition) is 2. The average molecular weight is 274 g/mol. The summed E-state index contributed by atoms with van der Waals surface area (Å²) in [6.07, 6.45) is 1.03. The topological polar surface area (TPSA) is 32.3 Å². The van der Waals surface area contributed by atoms with Gasteiger partial charge in [-0.05, 0) is 37.8 Å². The molecule has 3 heteroatoms. The smallest absolute Gasteiger partial charge is 0.241 e. The van der Waals surface area contributed by atoms with Crippen LogP contribution in [0, 0.1) is 19.8 Å². The van der Waals surface area contributed by atoms with Crippen molar-refractivity contribution in [1.29, 1.82) is 0 Å². The molecule has 1 fully saturated rings. The molecule has 1 aromatic carbocycles. The first-order chi connectivity index (χ1) is 9.49. The number of nitrogens with one attached hydrogen (secondary N) is 1. The van der Waals surface area contributed by atoms with Crippen molar-refractivity contribution in [2.45, 2.75) is 53.2 Å². The molecule has 0 radical (unpaired) electrons. The summed E-state index contributed by atoms with van der Waals surface area (Å²) in [6.45, 7) is 11.3. The van der Waals surface area contributed by atoms with Crippen LogP contribution in [0.1, 0.15) is 50.0 Å². The number of nitrogens with zero attached hydrogens (tertiary/aromatic N) is 1. The molecule has 1 aliphatic heterocycles. The third-order valence-electron chi connectivity index (χ3n) is 4.47. The Morgan fingerprint density at radius 1 is 1.30 bits per heavy atom. The van der Waals surface area contributed by atoms with Crippen molar-refractivity contribution in [2.75, 3.05) is 6.54 Å². The third-order valence-corrected chi connectivity index (χ3v) is 4.47. The van der Waals surface area contributed by atoms with Gasteiger partial charge >= 0.3 is 0 Å². The van der Waals surface area contributed by atoms with Crippen LogP contribution >= 0.6 is 0 Å². The Hall–Kier alpha value is -1.35. The summed E-state index contributed by atoms with van der Waals surface area (Å²) < 4.78 is 0. The summed E-state index contributed by atoms with van der Waals surface area (Å²) in [6, 6.07) is 6.41. The SMILES string of the molecule is CCC(C)C1NC(c2ccc(C)cc2C)N(CC)C1=O. The zero-order valence-corrected chi connectivity index (χ0v) is 13.2. The van der Waals surface area contributed by atoms with Crippen molar-refractivity contribution in [2.24, 2.45) is 5.92 Å². The molecule has 0 aliphatic carbocycles. The molecule has 1 heterocycles. The highest BCUT2D eigenvalue weighted by atomic mass is 16.2. The van der Waals surface area contributed by atoms with Gasteiger partial charge in [-0.15, -0.1) is 0 Å². The maximum absolute atomic E-state index is 12.6.